The van der Waals surface area contributed by atoms with Crippen LogP contribution in [0.1, 0.15) is 102 Å². The first kappa shape index (κ1) is 38.5. The largest absolute Gasteiger partial charge is 0.382 e. The van der Waals surface area contributed by atoms with Gasteiger partial charge < -0.3 is 14.2 Å². The van der Waals surface area contributed by atoms with E-state index in [0.717, 1.165) is 50.5 Å². The van der Waals surface area contributed by atoms with Crippen LogP contribution in [0, 0.1) is 0 Å². The summed E-state index contributed by atoms with van der Waals surface area (Å²) in [5, 5.41) is 1.57. The minimum absolute atomic E-state index is 0. The molecule has 0 aliphatic carbocycles. The van der Waals surface area contributed by atoms with Crippen molar-refractivity contribution in [1.29, 1.82) is 0 Å². The van der Waals surface area contributed by atoms with Crippen LogP contribution in [0.2, 0.25) is 0 Å². The minimum atomic E-state index is -2.32. The van der Waals surface area contributed by atoms with Gasteiger partial charge in [0.15, 0.2) is 8.07 Å². The summed E-state index contributed by atoms with van der Waals surface area (Å²) in [5.41, 5.74) is 0. The third-order valence-corrected chi connectivity index (χ3v) is 24.3. The van der Waals surface area contributed by atoms with Crippen molar-refractivity contribution in [1.82, 2.24) is 0 Å². The quantitative estimate of drug-likeness (QED) is 0.541. The zero-order chi connectivity index (χ0) is 19.7. The molecule has 0 aromatic heterocycles. The molecule has 3 aliphatic heterocycles. The summed E-state index contributed by atoms with van der Waals surface area (Å²) in [6, 6.07) is 11.5. The van der Waals surface area contributed by atoms with Gasteiger partial charge in [0, 0.05) is 50.5 Å². The molecule has 1 aromatic carbocycles. The average molecular weight is 547 g/mol. The molecule has 0 saturated carbocycles. The van der Waals surface area contributed by atoms with Crippen LogP contribution in [0.3, 0.4) is 0 Å². The average Bonchev–Trinajstić information content (AvgIpc) is 2.70. The van der Waals surface area contributed by atoms with Gasteiger partial charge >= 0.3 is 0 Å². The van der Waals surface area contributed by atoms with Gasteiger partial charge in [0.1, 0.15) is 0 Å². The van der Waals surface area contributed by atoms with Crippen molar-refractivity contribution in [3.8, 4) is 0 Å². The van der Waals surface area contributed by atoms with Crippen molar-refractivity contribution in [3.63, 3.8) is 0 Å². The first-order valence-electron chi connectivity index (χ1n) is 11.4. The molecule has 3 fully saturated rings. The summed E-state index contributed by atoms with van der Waals surface area (Å²) in [4.78, 5) is 0.0976. The molecule has 0 spiro atoms. The zero-order valence-corrected chi connectivity index (χ0v) is 25.1. The van der Waals surface area contributed by atoms with Crippen LogP contribution in [0.4, 0.5) is 0 Å². The van der Waals surface area contributed by atoms with Gasteiger partial charge in [-0.1, -0.05) is 80.1 Å². The third-order valence-electron chi connectivity index (χ3n) is 7.99. The van der Waals surface area contributed by atoms with Gasteiger partial charge in [-0.25, -0.2) is 0 Å². The Labute approximate surface area is 224 Å². The highest BCUT2D eigenvalue weighted by Crippen LogP contribution is 2.49. The second kappa shape index (κ2) is 15.3. The van der Waals surface area contributed by atoms with E-state index in [0.29, 0.717) is 0 Å². The molecule has 7 heteroatoms. The highest BCUT2D eigenvalue weighted by molar-refractivity contribution is 7.08. The summed E-state index contributed by atoms with van der Waals surface area (Å²) in [7, 11) is 0.914. The molecule has 3 nitrogen and oxygen atoms in total. The molecule has 3 atom stereocenters. The summed E-state index contributed by atoms with van der Waals surface area (Å²) in [6.45, 7) is 2.79. The fourth-order valence-corrected chi connectivity index (χ4v) is 33.8. The number of ether oxygens (including phenoxy) is 3. The Hall–Kier alpha value is -0.0325. The smallest absolute Gasteiger partial charge is 0.176 e. The van der Waals surface area contributed by atoms with E-state index in [9.17, 15) is 0 Å². The summed E-state index contributed by atoms with van der Waals surface area (Å²) in [5.74, 6) is 0. The molecule has 0 N–H and O–H groups in total. The molecule has 0 radical (unpaired) electrons. The number of benzene rings is 1. The van der Waals surface area contributed by atoms with E-state index in [1.165, 1.54) is 57.8 Å². The van der Waals surface area contributed by atoms with E-state index in [1.54, 1.807) is 5.19 Å². The molecule has 4 rings (SSSR count). The molecule has 34 heavy (non-hydrogen) atoms. The predicted molar refractivity (Wildman–Crippen MR) is 170 cm³/mol. The van der Waals surface area contributed by atoms with E-state index in [2.05, 4.69) is 30.3 Å². The molecular weight excluding hydrogens is 485 g/mol. The van der Waals surface area contributed by atoms with E-state index in [4.69, 9.17) is 14.2 Å². The molecule has 0 amide bonds. The fraction of sp³-hybridized carbons (Fsp3) is 0.778. The Bertz CT molecular complexity index is 593. The van der Waals surface area contributed by atoms with Gasteiger partial charge in [0.25, 0.3) is 0 Å². The van der Waals surface area contributed by atoms with Crippen molar-refractivity contribution >= 4 is 44.0 Å². The van der Waals surface area contributed by atoms with Crippen LogP contribution in [0.5, 0.6) is 0 Å². The van der Waals surface area contributed by atoms with Gasteiger partial charge in [0.2, 0.25) is 0 Å². The molecule has 3 saturated heterocycles. The van der Waals surface area contributed by atoms with Crippen LogP contribution < -0.4 is 5.19 Å². The minimum Gasteiger partial charge on any atom is -0.382 e. The molecule has 3 aliphatic rings. The van der Waals surface area contributed by atoms with Crippen LogP contribution in [-0.4, -0.2) is 73.2 Å². The van der Waals surface area contributed by atoms with Crippen molar-refractivity contribution < 1.29 is 14.2 Å². The second-order valence-electron chi connectivity index (χ2n) is 9.73. The normalized spacial score (nSPS) is 32.6. The Morgan fingerprint density at radius 2 is 0.853 bits per heavy atom. The zero-order valence-electron chi connectivity index (χ0n) is 18.1. The van der Waals surface area contributed by atoms with Gasteiger partial charge in [-0.3, -0.25) is 0 Å². The lowest BCUT2D eigenvalue weighted by Crippen LogP contribution is -2.91. The van der Waals surface area contributed by atoms with Crippen LogP contribution in [0.15, 0.2) is 30.3 Å². The maximum Gasteiger partial charge on any atom is 0.176 e. The first-order chi connectivity index (χ1) is 13.5. The monoisotopic (exact) mass is 546 g/mol. The summed E-state index contributed by atoms with van der Waals surface area (Å²) < 4.78 is 20.8. The van der Waals surface area contributed by atoms with Gasteiger partial charge in [-0.2, -0.15) is 0 Å². The number of rotatable bonds is 4. The van der Waals surface area contributed by atoms with Crippen molar-refractivity contribution in [2.24, 2.45) is 0 Å². The van der Waals surface area contributed by atoms with Crippen molar-refractivity contribution in [2.45, 2.75) is 117 Å². The Balaban J connectivity index is -0.00000160. The number of hydrogen-bond donors (Lipinski definition) is 0. The fourth-order valence-electron chi connectivity index (χ4n) is 6.97. The molecule has 1 aromatic rings. The topological polar surface area (TPSA) is 27.7 Å². The lowest BCUT2D eigenvalue weighted by Gasteiger charge is -2.65. The molecule has 3 heterocycles. The molecule has 3 unspecified atom stereocenters. The Morgan fingerprint density at radius 3 is 1.12 bits per heavy atom. The summed E-state index contributed by atoms with van der Waals surface area (Å²) in [6.07, 6.45) is 11.2. The highest BCUT2D eigenvalue weighted by Gasteiger charge is 2.72. The lowest BCUT2D eigenvalue weighted by molar-refractivity contribution is -0.0355. The first-order valence-corrected chi connectivity index (χ1v) is 16.4. The Kier molecular flexibility index (Phi) is 17.3. The number of hydrogen-bond acceptors (Lipinski definition) is 3. The van der Waals surface area contributed by atoms with Gasteiger partial charge in [-0.15, -0.1) is 0 Å². The van der Waals surface area contributed by atoms with Gasteiger partial charge in [-0.05, 0) is 57.8 Å². The molecule has 204 valence electrons. The van der Waals surface area contributed by atoms with E-state index >= 15 is 0 Å². The molecule has 0 bridgehead atoms. The van der Waals surface area contributed by atoms with E-state index in [-0.39, 0.29) is 59.1 Å². The van der Waals surface area contributed by atoms with E-state index in [1.807, 2.05) is 0 Å². The van der Waals surface area contributed by atoms with E-state index < -0.39 is 8.07 Å². The Morgan fingerprint density at radius 1 is 0.529 bits per heavy atom. The van der Waals surface area contributed by atoms with Crippen LogP contribution in [0.25, 0.3) is 0 Å². The molecular formula is C27H62O3Si4. The van der Waals surface area contributed by atoms with Gasteiger partial charge in [0.05, 0.1) is 14.5 Å². The van der Waals surface area contributed by atoms with Crippen molar-refractivity contribution in [3.05, 3.63) is 30.3 Å². The standard InChI is InChI=1S/C21H38O3Si4.6CH4/c25-19(12-4-7-15-22-19)28(18-10-2-1-3-11-18,20(26)13-5-8-16-23-20)21(27)14-6-9-17-24-21;;;;;;/h1-3,10-11H,4-9,12-17H2,25-27H3;6*1H4. The third kappa shape index (κ3) is 6.09. The van der Waals surface area contributed by atoms with Crippen LogP contribution >= 0.6 is 0 Å². The lowest BCUT2D eigenvalue weighted by atomic mass is 10.2. The maximum absolute atomic E-state index is 6.93. The SMILES string of the molecule is C.C.C.C.C.C.[SiH3]C1([Si](c2ccccc2)(C2([SiH3])CCCCO2)C2([SiH3])CCCCO2)CCCCO1. The van der Waals surface area contributed by atoms with Crippen LogP contribution in [-0.2, 0) is 14.2 Å². The predicted octanol–water partition coefficient (Wildman–Crippen LogP) is 3.56. The maximum atomic E-state index is 6.93. The van der Waals surface area contributed by atoms with Crippen molar-refractivity contribution in [2.75, 3.05) is 19.8 Å². The highest BCUT2D eigenvalue weighted by atomic mass is 28.4. The second-order valence-corrected chi connectivity index (χ2v) is 22.8. The summed E-state index contributed by atoms with van der Waals surface area (Å²) >= 11 is 0.